The SMILES string of the molecule is CC(C)/C=C\C=C(\F)CC(=O)N1CCCC(C(=O)Nc2cccc(C(C)(C)C)c2)[C@@H]1c1ccc(N2CCCC2)c(F)c1. The summed E-state index contributed by atoms with van der Waals surface area (Å²) in [6, 6.07) is 12.1. The topological polar surface area (TPSA) is 52.7 Å². The molecule has 0 bridgehead atoms. The smallest absolute Gasteiger partial charge is 0.229 e. The molecule has 7 heteroatoms. The highest BCUT2D eigenvalue weighted by molar-refractivity contribution is 5.94. The Hall–Kier alpha value is -3.48. The van der Waals surface area contributed by atoms with Crippen molar-refractivity contribution in [3.8, 4) is 0 Å². The van der Waals surface area contributed by atoms with E-state index in [0.717, 1.165) is 31.5 Å². The number of anilines is 2. The van der Waals surface area contributed by atoms with Gasteiger partial charge in [0.25, 0.3) is 0 Å². The number of halogens is 2. The molecule has 2 aliphatic rings. The minimum absolute atomic E-state index is 0.0894. The molecule has 0 radical (unpaired) electrons. The number of piperidine rings is 1. The van der Waals surface area contributed by atoms with Crippen LogP contribution in [-0.2, 0) is 15.0 Å². The molecular weight excluding hydrogens is 532 g/mol. The van der Waals surface area contributed by atoms with Crippen molar-refractivity contribution in [3.63, 3.8) is 0 Å². The van der Waals surface area contributed by atoms with Gasteiger partial charge in [0.15, 0.2) is 0 Å². The molecule has 1 N–H and O–H groups in total. The summed E-state index contributed by atoms with van der Waals surface area (Å²) in [5.41, 5.74) is 2.77. The number of amides is 2. The number of hydrogen-bond donors (Lipinski definition) is 1. The normalized spacial score (nSPS) is 20.0. The zero-order valence-corrected chi connectivity index (χ0v) is 25.6. The van der Waals surface area contributed by atoms with E-state index in [4.69, 9.17) is 0 Å². The van der Waals surface area contributed by atoms with Crippen LogP contribution in [0.2, 0.25) is 0 Å². The van der Waals surface area contributed by atoms with Gasteiger partial charge in [-0.3, -0.25) is 9.59 Å². The Bertz CT molecular complexity index is 1320. The first kappa shape index (κ1) is 31.5. The molecule has 2 aromatic carbocycles. The molecule has 0 saturated carbocycles. The summed E-state index contributed by atoms with van der Waals surface area (Å²) in [4.78, 5) is 30.9. The zero-order chi connectivity index (χ0) is 30.4. The number of nitrogens with zero attached hydrogens (tertiary/aromatic N) is 2. The van der Waals surface area contributed by atoms with Gasteiger partial charge >= 0.3 is 0 Å². The Kier molecular flexibility index (Phi) is 10.2. The Labute approximate surface area is 249 Å². The summed E-state index contributed by atoms with van der Waals surface area (Å²) in [6.45, 7) is 12.3. The highest BCUT2D eigenvalue weighted by Gasteiger charge is 2.40. The van der Waals surface area contributed by atoms with E-state index in [1.165, 1.54) is 12.1 Å². The third-order valence-electron chi connectivity index (χ3n) is 8.14. The molecule has 0 spiro atoms. The minimum Gasteiger partial charge on any atom is -0.369 e. The molecule has 0 aromatic heterocycles. The second-order valence-corrected chi connectivity index (χ2v) is 12.9. The number of allylic oxidation sites excluding steroid dienone is 3. The van der Waals surface area contributed by atoms with E-state index in [9.17, 15) is 14.0 Å². The molecule has 2 aliphatic heterocycles. The quantitative estimate of drug-likeness (QED) is 0.323. The summed E-state index contributed by atoms with van der Waals surface area (Å²) in [7, 11) is 0. The van der Waals surface area contributed by atoms with Gasteiger partial charge in [0.2, 0.25) is 11.8 Å². The lowest BCUT2D eigenvalue weighted by atomic mass is 9.83. The maximum absolute atomic E-state index is 15.5. The van der Waals surface area contributed by atoms with Crippen molar-refractivity contribution < 1.29 is 18.4 Å². The van der Waals surface area contributed by atoms with Gasteiger partial charge in [-0.25, -0.2) is 8.78 Å². The number of nitrogens with one attached hydrogen (secondary N) is 1. The first-order valence-electron chi connectivity index (χ1n) is 15.2. The summed E-state index contributed by atoms with van der Waals surface area (Å²) < 4.78 is 30.3. The molecule has 2 saturated heterocycles. The molecule has 2 amide bonds. The molecule has 226 valence electrons. The molecular formula is C35H45F2N3O2. The van der Waals surface area contributed by atoms with Crippen molar-refractivity contribution in [1.82, 2.24) is 4.90 Å². The molecule has 5 nitrogen and oxygen atoms in total. The lowest BCUT2D eigenvalue weighted by Crippen LogP contribution is -2.46. The third kappa shape index (κ3) is 7.87. The molecule has 4 rings (SSSR count). The van der Waals surface area contributed by atoms with Crippen LogP contribution in [0.15, 0.2) is 66.5 Å². The number of likely N-dealkylation sites (tertiary alicyclic amines) is 1. The maximum Gasteiger partial charge on any atom is 0.229 e. The molecule has 2 fully saturated rings. The monoisotopic (exact) mass is 577 g/mol. The van der Waals surface area contributed by atoms with Crippen molar-refractivity contribution >= 4 is 23.2 Å². The average Bonchev–Trinajstić information content (AvgIpc) is 3.47. The van der Waals surface area contributed by atoms with Crippen LogP contribution >= 0.6 is 0 Å². The van der Waals surface area contributed by atoms with Crippen molar-refractivity contribution in [2.24, 2.45) is 11.8 Å². The van der Waals surface area contributed by atoms with Crippen molar-refractivity contribution in [1.29, 1.82) is 0 Å². The molecule has 2 aromatic rings. The number of benzene rings is 2. The van der Waals surface area contributed by atoms with Crippen LogP contribution in [0.25, 0.3) is 0 Å². The predicted octanol–water partition coefficient (Wildman–Crippen LogP) is 8.10. The Balaban J connectivity index is 1.65. The molecule has 2 atom stereocenters. The highest BCUT2D eigenvalue weighted by atomic mass is 19.1. The van der Waals surface area contributed by atoms with Crippen molar-refractivity contribution in [2.75, 3.05) is 29.9 Å². The summed E-state index contributed by atoms with van der Waals surface area (Å²) in [5.74, 6) is -1.92. The molecule has 42 heavy (non-hydrogen) atoms. The van der Waals surface area contributed by atoms with Crippen LogP contribution in [0.1, 0.15) is 83.9 Å². The van der Waals surface area contributed by atoms with E-state index in [2.05, 4.69) is 26.1 Å². The third-order valence-corrected chi connectivity index (χ3v) is 8.14. The fraction of sp³-hybridized carbons (Fsp3) is 0.486. The van der Waals surface area contributed by atoms with E-state index >= 15 is 4.39 Å². The van der Waals surface area contributed by atoms with Gasteiger partial charge in [0.1, 0.15) is 11.6 Å². The second kappa shape index (κ2) is 13.7. The van der Waals surface area contributed by atoms with Crippen molar-refractivity contribution in [2.45, 2.75) is 78.2 Å². The van der Waals surface area contributed by atoms with E-state index in [1.807, 2.05) is 55.2 Å². The fourth-order valence-corrected chi connectivity index (χ4v) is 5.87. The number of carbonyl (C=O) groups is 2. The van der Waals surface area contributed by atoms with E-state index < -0.39 is 30.1 Å². The van der Waals surface area contributed by atoms with Gasteiger partial charge in [-0.05, 0) is 78.5 Å². The summed E-state index contributed by atoms with van der Waals surface area (Å²) in [6.07, 6.45) is 7.55. The lowest BCUT2D eigenvalue weighted by Gasteiger charge is -2.41. The van der Waals surface area contributed by atoms with Crippen LogP contribution in [0.4, 0.5) is 20.2 Å². The first-order chi connectivity index (χ1) is 19.9. The van der Waals surface area contributed by atoms with Gasteiger partial charge in [0.05, 0.1) is 24.1 Å². The average molecular weight is 578 g/mol. The van der Waals surface area contributed by atoms with E-state index in [0.29, 0.717) is 36.3 Å². The number of carbonyl (C=O) groups excluding carboxylic acids is 2. The van der Waals surface area contributed by atoms with Crippen molar-refractivity contribution in [3.05, 3.63) is 83.5 Å². The second-order valence-electron chi connectivity index (χ2n) is 12.9. The van der Waals surface area contributed by atoms with Crippen LogP contribution < -0.4 is 10.2 Å². The van der Waals surface area contributed by atoms with Crippen LogP contribution in [0.3, 0.4) is 0 Å². The number of hydrogen-bond acceptors (Lipinski definition) is 3. The Morgan fingerprint density at radius 3 is 2.45 bits per heavy atom. The van der Waals surface area contributed by atoms with E-state index in [-0.39, 0.29) is 23.1 Å². The van der Waals surface area contributed by atoms with Gasteiger partial charge in [0, 0.05) is 25.3 Å². The largest absolute Gasteiger partial charge is 0.369 e. The first-order valence-corrected chi connectivity index (χ1v) is 15.2. The zero-order valence-electron chi connectivity index (χ0n) is 25.6. The summed E-state index contributed by atoms with van der Waals surface area (Å²) >= 11 is 0. The maximum atomic E-state index is 15.5. The van der Waals surface area contributed by atoms with Gasteiger partial charge in [-0.15, -0.1) is 0 Å². The predicted molar refractivity (Wildman–Crippen MR) is 167 cm³/mol. The molecule has 0 aliphatic carbocycles. The van der Waals surface area contributed by atoms with E-state index in [1.54, 1.807) is 17.0 Å². The van der Waals surface area contributed by atoms with Crippen LogP contribution in [0, 0.1) is 17.7 Å². The molecule has 2 heterocycles. The van der Waals surface area contributed by atoms with Crippen LogP contribution in [-0.4, -0.2) is 36.3 Å². The van der Waals surface area contributed by atoms with Gasteiger partial charge in [-0.1, -0.05) is 65.0 Å². The van der Waals surface area contributed by atoms with Crippen LogP contribution in [0.5, 0.6) is 0 Å². The standard InChI is InChI=1S/C35H45F2N3O2/c1-24(2)11-8-13-27(36)23-32(41)40-20-10-15-29(34(42)38-28-14-9-12-26(22-28)35(3,4)5)33(40)25-16-17-31(30(37)21-25)39-18-6-7-19-39/h8-9,11-14,16-17,21-22,24,29,33H,6-7,10,15,18-20,23H2,1-5H3,(H,38,42)/b11-8-,27-13+/t29?,33-/m0/s1. The summed E-state index contributed by atoms with van der Waals surface area (Å²) in [5, 5.41) is 3.06. The van der Waals surface area contributed by atoms with Gasteiger partial charge in [-0.2, -0.15) is 0 Å². The Morgan fingerprint density at radius 2 is 1.79 bits per heavy atom. The number of rotatable bonds is 8. The van der Waals surface area contributed by atoms with Gasteiger partial charge < -0.3 is 15.1 Å². The fourth-order valence-electron chi connectivity index (χ4n) is 5.87. The minimum atomic E-state index is -0.710. The lowest BCUT2D eigenvalue weighted by molar-refractivity contribution is -0.138. The highest BCUT2D eigenvalue weighted by Crippen LogP contribution is 2.39. The Morgan fingerprint density at radius 1 is 1.05 bits per heavy atom. The molecule has 1 unspecified atom stereocenters.